The highest BCUT2D eigenvalue weighted by atomic mass is 16.5. The molecule has 0 radical (unpaired) electrons. The number of hydrazone groups is 1. The van der Waals surface area contributed by atoms with Gasteiger partial charge in [0.2, 0.25) is 5.91 Å². The van der Waals surface area contributed by atoms with Gasteiger partial charge in [-0.2, -0.15) is 5.10 Å². The molecule has 2 rings (SSSR count). The number of ether oxygens (including phenoxy) is 1. The predicted molar refractivity (Wildman–Crippen MR) is 143 cm³/mol. The summed E-state index contributed by atoms with van der Waals surface area (Å²) in [6.45, 7) is 4.02. The molecule has 36 heavy (non-hydrogen) atoms. The van der Waals surface area contributed by atoms with Crippen LogP contribution >= 0.6 is 0 Å². The van der Waals surface area contributed by atoms with Gasteiger partial charge >= 0.3 is 5.97 Å². The number of carbonyl (C=O) groups is 3. The van der Waals surface area contributed by atoms with Gasteiger partial charge in [0.1, 0.15) is 5.75 Å². The fourth-order valence-electron chi connectivity index (χ4n) is 3.64. The van der Waals surface area contributed by atoms with E-state index in [4.69, 9.17) is 4.74 Å². The summed E-state index contributed by atoms with van der Waals surface area (Å²) in [6, 6.07) is 14.0. The molecule has 0 fully saturated rings. The summed E-state index contributed by atoms with van der Waals surface area (Å²) in [5, 5.41) is 6.53. The topological polar surface area (TPSA) is 96.9 Å². The molecule has 0 spiro atoms. The molecule has 194 valence electrons. The van der Waals surface area contributed by atoms with Gasteiger partial charge in [0.25, 0.3) is 5.91 Å². The van der Waals surface area contributed by atoms with Gasteiger partial charge in [-0.15, -0.1) is 0 Å². The number of nitrogens with zero attached hydrogens (tertiary/aromatic N) is 1. The second-order valence-electron chi connectivity index (χ2n) is 8.98. The van der Waals surface area contributed by atoms with E-state index >= 15 is 0 Å². The minimum absolute atomic E-state index is 0.110. The van der Waals surface area contributed by atoms with E-state index in [0.717, 1.165) is 30.4 Å². The van der Waals surface area contributed by atoms with Crippen LogP contribution in [0, 0.1) is 6.92 Å². The Morgan fingerprint density at radius 2 is 1.53 bits per heavy atom. The molecule has 0 unspecified atom stereocenters. The summed E-state index contributed by atoms with van der Waals surface area (Å²) in [6.07, 6.45) is 12.7. The van der Waals surface area contributed by atoms with Gasteiger partial charge in [-0.1, -0.05) is 76.0 Å². The second-order valence-corrected chi connectivity index (χ2v) is 8.98. The molecule has 2 amide bonds. The van der Waals surface area contributed by atoms with E-state index in [2.05, 4.69) is 22.8 Å². The van der Waals surface area contributed by atoms with Gasteiger partial charge < -0.3 is 10.1 Å². The summed E-state index contributed by atoms with van der Waals surface area (Å²) >= 11 is 0. The maximum absolute atomic E-state index is 12.2. The van der Waals surface area contributed by atoms with Crippen LogP contribution in [0.3, 0.4) is 0 Å². The van der Waals surface area contributed by atoms with E-state index in [0.29, 0.717) is 17.7 Å². The molecule has 2 aromatic rings. The van der Waals surface area contributed by atoms with Crippen LogP contribution in [0.2, 0.25) is 0 Å². The Morgan fingerprint density at radius 1 is 0.861 bits per heavy atom. The first-order valence-corrected chi connectivity index (χ1v) is 13.0. The highest BCUT2D eigenvalue weighted by Gasteiger charge is 2.08. The number of carbonyl (C=O) groups excluding carboxylic acids is 3. The highest BCUT2D eigenvalue weighted by molar-refractivity contribution is 5.91. The van der Waals surface area contributed by atoms with Crippen LogP contribution in [0.4, 0.5) is 0 Å². The van der Waals surface area contributed by atoms with Gasteiger partial charge in [-0.05, 0) is 55.3 Å². The van der Waals surface area contributed by atoms with Crippen molar-refractivity contribution < 1.29 is 19.1 Å². The Hall–Kier alpha value is -3.48. The summed E-state index contributed by atoms with van der Waals surface area (Å²) in [5.74, 6) is -0.520. The van der Waals surface area contributed by atoms with Crippen LogP contribution < -0.4 is 15.5 Å². The maximum Gasteiger partial charge on any atom is 0.343 e. The number of unbranched alkanes of at least 4 members (excludes halogenated alkanes) is 8. The molecule has 7 heteroatoms. The lowest BCUT2D eigenvalue weighted by molar-refractivity contribution is -0.126. The summed E-state index contributed by atoms with van der Waals surface area (Å²) in [7, 11) is 0. The average Bonchev–Trinajstić information content (AvgIpc) is 2.87. The number of rotatable bonds is 16. The van der Waals surface area contributed by atoms with Crippen molar-refractivity contribution in [3.05, 3.63) is 65.2 Å². The fraction of sp³-hybridized carbons (Fsp3) is 0.448. The Morgan fingerprint density at radius 3 is 2.19 bits per heavy atom. The molecule has 0 aromatic heterocycles. The zero-order chi connectivity index (χ0) is 26.0. The van der Waals surface area contributed by atoms with E-state index in [9.17, 15) is 14.4 Å². The Kier molecular flexibility index (Phi) is 13.6. The van der Waals surface area contributed by atoms with Crippen LogP contribution in [0.5, 0.6) is 5.75 Å². The van der Waals surface area contributed by atoms with Crippen molar-refractivity contribution in [3.63, 3.8) is 0 Å². The smallest absolute Gasteiger partial charge is 0.343 e. The van der Waals surface area contributed by atoms with E-state index in [1.807, 2.05) is 19.1 Å². The second kappa shape index (κ2) is 17.0. The molecule has 0 aliphatic heterocycles. The summed E-state index contributed by atoms with van der Waals surface area (Å²) in [5.41, 5.74) is 4.59. The van der Waals surface area contributed by atoms with Crippen molar-refractivity contribution in [3.8, 4) is 5.75 Å². The lowest BCUT2D eigenvalue weighted by atomic mass is 10.1. The van der Waals surface area contributed by atoms with Crippen molar-refractivity contribution in [1.82, 2.24) is 10.7 Å². The van der Waals surface area contributed by atoms with Crippen molar-refractivity contribution in [1.29, 1.82) is 0 Å². The third-order valence-corrected chi connectivity index (χ3v) is 5.70. The molecule has 0 saturated carbocycles. The molecule has 0 aliphatic carbocycles. The third-order valence-electron chi connectivity index (χ3n) is 5.70. The zero-order valence-electron chi connectivity index (χ0n) is 21.6. The van der Waals surface area contributed by atoms with Crippen LogP contribution in [0.15, 0.2) is 53.6 Å². The quantitative estimate of drug-likeness (QED) is 0.103. The largest absolute Gasteiger partial charge is 0.423 e. The number of benzene rings is 2. The minimum Gasteiger partial charge on any atom is -0.423 e. The fourth-order valence-corrected chi connectivity index (χ4v) is 3.64. The molecule has 0 heterocycles. The van der Waals surface area contributed by atoms with Crippen molar-refractivity contribution in [2.75, 3.05) is 6.54 Å². The molecule has 7 nitrogen and oxygen atoms in total. The first-order chi connectivity index (χ1) is 17.5. The Bertz CT molecular complexity index is 986. The van der Waals surface area contributed by atoms with Gasteiger partial charge in [-0.3, -0.25) is 9.59 Å². The van der Waals surface area contributed by atoms with Crippen LogP contribution in [-0.2, 0) is 9.59 Å². The first-order valence-electron chi connectivity index (χ1n) is 13.0. The zero-order valence-corrected chi connectivity index (χ0v) is 21.6. The Balaban J connectivity index is 1.58. The molecule has 2 N–H and O–H groups in total. The van der Waals surface area contributed by atoms with E-state index in [1.165, 1.54) is 44.7 Å². The molecular weight excluding hydrogens is 454 g/mol. The normalized spacial score (nSPS) is 10.8. The molecule has 0 bridgehead atoms. The average molecular weight is 494 g/mol. The van der Waals surface area contributed by atoms with Gasteiger partial charge in [-0.25, -0.2) is 10.2 Å². The van der Waals surface area contributed by atoms with E-state index < -0.39 is 11.9 Å². The molecule has 2 aromatic carbocycles. The van der Waals surface area contributed by atoms with Gasteiger partial charge in [0, 0.05) is 6.42 Å². The number of hydrogen-bond donors (Lipinski definition) is 2. The summed E-state index contributed by atoms with van der Waals surface area (Å²) in [4.78, 5) is 36.0. The van der Waals surface area contributed by atoms with Crippen molar-refractivity contribution in [2.24, 2.45) is 5.10 Å². The summed E-state index contributed by atoms with van der Waals surface area (Å²) < 4.78 is 5.38. The molecule has 0 aliphatic rings. The van der Waals surface area contributed by atoms with Crippen molar-refractivity contribution in [2.45, 2.75) is 78.1 Å². The maximum atomic E-state index is 12.2. The third kappa shape index (κ3) is 12.3. The van der Waals surface area contributed by atoms with E-state index in [-0.39, 0.29) is 12.5 Å². The number of nitrogens with one attached hydrogen (secondary N) is 2. The van der Waals surface area contributed by atoms with Crippen LogP contribution in [-0.4, -0.2) is 30.5 Å². The SMILES string of the molecule is CCCCCCCCCCCC(=O)NCC(=O)N/N=C\c1ccc(OC(=O)c2cccc(C)c2)cc1. The predicted octanol–water partition coefficient (Wildman–Crippen LogP) is 5.70. The number of esters is 1. The molecule has 0 atom stereocenters. The number of hydrogen-bond acceptors (Lipinski definition) is 5. The lowest BCUT2D eigenvalue weighted by Crippen LogP contribution is -2.34. The monoisotopic (exact) mass is 493 g/mol. The van der Waals surface area contributed by atoms with Gasteiger partial charge in [0.15, 0.2) is 0 Å². The highest BCUT2D eigenvalue weighted by Crippen LogP contribution is 2.14. The van der Waals surface area contributed by atoms with E-state index in [1.54, 1.807) is 36.4 Å². The lowest BCUT2D eigenvalue weighted by Gasteiger charge is -2.05. The number of amides is 2. The Labute approximate surface area is 214 Å². The van der Waals surface area contributed by atoms with Crippen LogP contribution in [0.25, 0.3) is 0 Å². The van der Waals surface area contributed by atoms with Crippen molar-refractivity contribution >= 4 is 24.0 Å². The minimum atomic E-state index is -0.424. The molecular formula is C29H39N3O4. The first kappa shape index (κ1) is 28.8. The number of aryl methyl sites for hydroxylation is 1. The van der Waals surface area contributed by atoms with Crippen LogP contribution in [0.1, 0.15) is 92.6 Å². The van der Waals surface area contributed by atoms with Gasteiger partial charge in [0.05, 0.1) is 18.3 Å². The molecule has 0 saturated heterocycles. The standard InChI is InChI=1S/C29H39N3O4/c1-3-4-5-6-7-8-9-10-11-15-27(33)30-22-28(34)32-31-21-24-16-18-26(19-17-24)36-29(35)25-14-12-13-23(2)20-25/h12-14,16-21H,3-11,15,22H2,1-2H3,(H,30,33)(H,32,34)/b31-21-.